The van der Waals surface area contributed by atoms with Crippen LogP contribution in [0.1, 0.15) is 61.6 Å². The van der Waals surface area contributed by atoms with E-state index >= 15 is 0 Å². The normalized spacial score (nSPS) is 11.5. The van der Waals surface area contributed by atoms with E-state index in [2.05, 4.69) is 87.5 Å². The quantitative estimate of drug-likeness (QED) is 0.0150. The van der Waals surface area contributed by atoms with Crippen LogP contribution in [0.3, 0.4) is 0 Å². The van der Waals surface area contributed by atoms with E-state index < -0.39 is 0 Å². The number of unbranched alkanes of at least 4 members (excludes halogenated alkanes) is 1. The molecule has 0 aliphatic carbocycles. The van der Waals surface area contributed by atoms with Crippen molar-refractivity contribution in [2.75, 3.05) is 65.5 Å². The standard InChI is InChI=1S/C11H16ClN5.C11H15N5O2.C10H15N5O2.C10H15N5.2C8H13N5O.C6H15N5.C4H11N5.C2H7N5/c1-7(2)15-10(13)17-11(14)16-9-5-3-8(12)4-6-9;12-10(13)16-11(14)15-4-3-7-1-2-8-9(5-7)18-6-17-8;11-9(12)15-10(13)14-4-3-6-1-2-7(16)8(17)5-6;11-9(12)15-10(13)14-7-6-8-4-2-1-3-5-8;9-7(10)13-8(11)12-3-1-6-2-4-14-5-6;9-7(10)13-8(11)12-4-3-6-2-1-5-14-6;1-2-3-4-10-6(9)11-5(7)8;1-9(2)4(7)8-3(5)6;3-1(4)7-2(5)6/h3-7H,1-2H3,(H5,13,14,15,16,17);1-2,5H,3-4,6H2,(H6,12,13,14,15,16);1-2,5,16-17H,3-4H2,(H6,11,12,13,14,15);1-5H,6-7H2,(H6,11,12,13,14,15);2,4-5H,1,3H2,(H6,9,10,11,12,13);1-2,5H,3-4H2,(H6,9,10,11,12,13);2-4H2,1H3,(H6,7,8,9,10,11);1-2H3,(H5,5,6,7,8);(H7,3,4,5,6,7). The Balaban J connectivity index is 0. The molecular weight excluding hydrogens is 1600 g/mol. The Kier molecular flexibility index (Phi) is 56.3. The van der Waals surface area contributed by atoms with E-state index in [1.165, 1.54) is 17.7 Å². The van der Waals surface area contributed by atoms with Crippen LogP contribution in [0.4, 0.5) is 5.69 Å². The molecule has 0 bridgehead atoms. The Morgan fingerprint density at radius 2 is 0.893 bits per heavy atom. The van der Waals surface area contributed by atoms with Crippen molar-refractivity contribution >= 4 is 125 Å². The summed E-state index contributed by atoms with van der Waals surface area (Å²) in [5.74, 6) is 1.65. The van der Waals surface area contributed by atoms with E-state index in [1.54, 1.807) is 68.1 Å². The maximum Gasteiger partial charge on any atom is 0.231 e. The maximum absolute atomic E-state index is 9.26. The number of phenols is 2. The van der Waals surface area contributed by atoms with E-state index in [4.69, 9.17) is 189 Å². The topological polar surface area (TPSA) is 991 Å². The van der Waals surface area contributed by atoms with Gasteiger partial charge in [0, 0.05) is 76.5 Å². The first-order valence-electron chi connectivity index (χ1n) is 35.8. The number of ether oxygens (including phenoxy) is 2. The largest absolute Gasteiger partial charge is 0.504 e. The fraction of sp³-hybridized carbons (Fsp3) is 0.286. The summed E-state index contributed by atoms with van der Waals surface area (Å²) in [6, 6.07) is 33.0. The SMILES string of the molecule is CC(C)N=C(N)N=C(N)Nc1ccc(Cl)cc1.CCCCN=C(N)NC(=N)N.CN(C)C(N)=NC(=N)N.N=C(N)NC(=N)N.NC(N)=NC(N)=NCCc1ccc(O)c(O)c1.NC(N)=NC(N)=NCCc1ccc2c(c1)OCO2.NC(N)=NC(N)=NCCc1ccccc1.NC(N)=NC(N)=NCCc1ccco1.NC(N)=NC(N)=NCCc1ccoc1. The number of hydrogen-bond donors (Lipinski definition) is 32. The molecule has 6 aromatic rings. The summed E-state index contributed by atoms with van der Waals surface area (Å²) in [4.78, 5) is 54.6. The Labute approximate surface area is 710 Å². The Morgan fingerprint density at radius 3 is 1.29 bits per heavy atom. The molecule has 2 aromatic heterocycles. The maximum atomic E-state index is 9.26. The summed E-state index contributed by atoms with van der Waals surface area (Å²) in [5, 5.41) is 52.8. The second-order valence-electron chi connectivity index (χ2n) is 23.9. The number of benzene rings is 4. The van der Waals surface area contributed by atoms with Crippen molar-refractivity contribution in [1.82, 2.24) is 15.5 Å². The van der Waals surface area contributed by atoms with Gasteiger partial charge in [0.25, 0.3) is 0 Å². The van der Waals surface area contributed by atoms with Crippen molar-refractivity contribution in [3.8, 4) is 23.0 Å². The zero-order chi connectivity index (χ0) is 92.5. The highest BCUT2D eigenvalue weighted by Gasteiger charge is 2.13. The van der Waals surface area contributed by atoms with Crippen LogP contribution in [0.2, 0.25) is 5.02 Å². The molecule has 0 spiro atoms. The summed E-state index contributed by atoms with van der Waals surface area (Å²) in [5.41, 5.74) is 125. The van der Waals surface area contributed by atoms with Crippen molar-refractivity contribution in [1.29, 1.82) is 21.6 Å². The van der Waals surface area contributed by atoms with Gasteiger partial charge in [0.05, 0.1) is 18.8 Å². The van der Waals surface area contributed by atoms with Crippen LogP contribution in [0.15, 0.2) is 207 Å². The number of furan rings is 2. The van der Waals surface area contributed by atoms with Crippen LogP contribution < -0.4 is 157 Å². The summed E-state index contributed by atoms with van der Waals surface area (Å²) >= 11 is 5.76. The number of hydrogen-bond acceptors (Lipinski definition) is 17. The van der Waals surface area contributed by atoms with Gasteiger partial charge in [-0.2, -0.15) is 34.9 Å². The van der Waals surface area contributed by atoms with Crippen molar-refractivity contribution in [2.45, 2.75) is 71.8 Å². The van der Waals surface area contributed by atoms with Gasteiger partial charge in [-0.05, 0) is 135 Å². The molecule has 0 saturated heterocycles. The molecular formula is C70H120ClN45O6. The summed E-state index contributed by atoms with van der Waals surface area (Å²) in [7, 11) is 3.45. The molecule has 3 heterocycles. The smallest absolute Gasteiger partial charge is 0.231 e. The minimum absolute atomic E-state index is 0.00741. The molecule has 668 valence electrons. The van der Waals surface area contributed by atoms with Gasteiger partial charge >= 0.3 is 0 Å². The van der Waals surface area contributed by atoms with Crippen LogP contribution in [0, 0.1) is 21.6 Å². The molecule has 52 heteroatoms. The zero-order valence-electron chi connectivity index (χ0n) is 68.5. The number of aromatic hydroxyl groups is 2. The van der Waals surface area contributed by atoms with Gasteiger partial charge in [-0.15, -0.1) is 0 Å². The molecule has 0 atom stereocenters. The monoisotopic (exact) mass is 1720 g/mol. The Hall–Kier alpha value is -16.4. The highest BCUT2D eigenvalue weighted by Crippen LogP contribution is 2.32. The lowest BCUT2D eigenvalue weighted by Gasteiger charge is -2.08. The predicted octanol–water partition coefficient (Wildman–Crippen LogP) is -4.10. The third-order valence-electron chi connectivity index (χ3n) is 12.8. The van der Waals surface area contributed by atoms with E-state index in [9.17, 15) is 5.11 Å². The molecule has 4 aromatic carbocycles. The number of guanidine groups is 18. The van der Waals surface area contributed by atoms with Crippen LogP contribution in [0.25, 0.3) is 0 Å². The van der Waals surface area contributed by atoms with E-state index in [0.29, 0.717) is 57.1 Å². The van der Waals surface area contributed by atoms with Crippen molar-refractivity contribution in [3.05, 3.63) is 161 Å². The molecule has 0 unspecified atom stereocenters. The summed E-state index contributed by atoms with van der Waals surface area (Å²) in [6.45, 7) is 9.33. The first-order valence-corrected chi connectivity index (χ1v) is 36.2. The lowest BCUT2D eigenvalue weighted by molar-refractivity contribution is 0.174. The van der Waals surface area contributed by atoms with Crippen LogP contribution in [-0.2, 0) is 32.1 Å². The lowest BCUT2D eigenvalue weighted by Crippen LogP contribution is -2.40. The first kappa shape index (κ1) is 108. The number of halogens is 1. The number of phenolic OH excluding ortho intramolecular Hbond substituents is 2. The average molecular weight is 1720 g/mol. The highest BCUT2D eigenvalue weighted by molar-refractivity contribution is 6.30. The molecule has 0 radical (unpaired) electrons. The zero-order valence-corrected chi connectivity index (χ0v) is 69.2. The predicted molar refractivity (Wildman–Crippen MR) is 490 cm³/mol. The number of nitrogens with zero attached hydrogens (tertiary/aromatic N) is 15. The third kappa shape index (κ3) is 63.9. The molecule has 0 amide bonds. The number of fused-ring (bicyclic) bond motifs is 1. The van der Waals surface area contributed by atoms with E-state index in [-0.39, 0.29) is 132 Å². The fourth-order valence-corrected chi connectivity index (χ4v) is 7.83. The number of rotatable bonds is 20. The summed E-state index contributed by atoms with van der Waals surface area (Å²) in [6.07, 6.45) is 10.5. The summed E-state index contributed by atoms with van der Waals surface area (Å²) < 4.78 is 20.5. The first-order chi connectivity index (χ1) is 57.5. The molecule has 1 aliphatic heterocycles. The van der Waals surface area contributed by atoms with Crippen LogP contribution in [0.5, 0.6) is 23.0 Å². The van der Waals surface area contributed by atoms with E-state index in [1.807, 2.05) is 85.9 Å². The van der Waals surface area contributed by atoms with Crippen LogP contribution in [-0.4, -0.2) is 189 Å². The minimum atomic E-state index is -0.312. The number of anilines is 1. The molecule has 0 fully saturated rings. The van der Waals surface area contributed by atoms with Gasteiger partial charge < -0.3 is 171 Å². The molecule has 7 rings (SSSR count). The van der Waals surface area contributed by atoms with Crippen molar-refractivity contribution in [3.63, 3.8) is 0 Å². The number of nitrogens with two attached hydrogens (primary N) is 23. The second-order valence-corrected chi connectivity index (χ2v) is 24.3. The lowest BCUT2D eigenvalue weighted by atomic mass is 10.1. The van der Waals surface area contributed by atoms with Crippen molar-refractivity contribution < 1.29 is 28.5 Å². The highest BCUT2D eigenvalue weighted by atomic mass is 35.5. The minimum Gasteiger partial charge on any atom is -0.504 e. The van der Waals surface area contributed by atoms with Gasteiger partial charge in [-0.1, -0.05) is 67.4 Å². The molecule has 51 nitrogen and oxygen atoms in total. The Bertz CT molecular complexity index is 4420. The number of aliphatic imine (C=N–C) groups is 14. The second kappa shape index (κ2) is 63.8. The average Bonchev–Trinajstić information content (AvgIpc) is 1.69. The Morgan fingerprint density at radius 1 is 0.443 bits per heavy atom. The third-order valence-corrected chi connectivity index (χ3v) is 13.0. The fourth-order valence-electron chi connectivity index (χ4n) is 7.70. The van der Waals surface area contributed by atoms with Gasteiger partial charge in [0.2, 0.25) is 54.5 Å². The van der Waals surface area contributed by atoms with Gasteiger partial charge in [0.15, 0.2) is 82.6 Å². The molecule has 1 aliphatic rings. The van der Waals surface area contributed by atoms with Crippen LogP contribution >= 0.6 is 11.6 Å². The number of nitrogens with one attached hydrogen (secondary N) is 7. The van der Waals surface area contributed by atoms with Gasteiger partial charge in [-0.3, -0.25) is 62.2 Å². The van der Waals surface area contributed by atoms with Crippen molar-refractivity contribution in [2.24, 2.45) is 202 Å². The molecule has 55 N–H and O–H groups in total. The molecule has 122 heavy (non-hydrogen) atoms. The molecule has 0 saturated carbocycles. The van der Waals surface area contributed by atoms with Gasteiger partial charge in [-0.25, -0.2) is 4.99 Å². The van der Waals surface area contributed by atoms with Gasteiger partial charge in [0.1, 0.15) is 5.76 Å². The van der Waals surface area contributed by atoms with E-state index in [0.717, 1.165) is 71.7 Å².